The van der Waals surface area contributed by atoms with E-state index in [-0.39, 0.29) is 12.2 Å². The maximum absolute atomic E-state index is 11.4. The summed E-state index contributed by atoms with van der Waals surface area (Å²) in [6, 6.07) is 4.42. The zero-order valence-electron chi connectivity index (χ0n) is 11.8. The lowest BCUT2D eigenvalue weighted by atomic mass is 10.2. The molecule has 0 saturated carbocycles. The fraction of sp³-hybridized carbons (Fsp3) is 0.462. The average Bonchev–Trinajstić information content (AvgIpc) is 2.45. The van der Waals surface area contributed by atoms with Gasteiger partial charge >= 0.3 is 5.97 Å². The molecule has 110 valence electrons. The van der Waals surface area contributed by atoms with E-state index < -0.39 is 10.9 Å². The van der Waals surface area contributed by atoms with E-state index in [0.717, 1.165) is 6.42 Å². The zero-order valence-corrected chi connectivity index (χ0v) is 11.8. The Balaban J connectivity index is 3.13. The largest absolute Gasteiger partial charge is 0.496 e. The molecular weight excluding hydrogens is 264 g/mol. The van der Waals surface area contributed by atoms with E-state index in [4.69, 9.17) is 4.74 Å². The standard InChI is InChI=1S/C13H18N2O5/c1-4-5-14(9-13(16)20-3)10-6-11(15(17)18)8-12(7-10)19-2/h6-8H,4-5,9H2,1-3H3. The van der Waals surface area contributed by atoms with E-state index in [1.54, 1.807) is 11.0 Å². The molecule has 0 N–H and O–H groups in total. The third kappa shape index (κ3) is 4.11. The predicted molar refractivity (Wildman–Crippen MR) is 74.2 cm³/mol. The second-order valence-electron chi connectivity index (χ2n) is 4.14. The normalized spacial score (nSPS) is 9.95. The van der Waals surface area contributed by atoms with Crippen LogP contribution < -0.4 is 9.64 Å². The Morgan fingerprint density at radius 2 is 2.05 bits per heavy atom. The molecule has 7 nitrogen and oxygen atoms in total. The minimum absolute atomic E-state index is 0.0364. The first-order chi connectivity index (χ1) is 9.51. The van der Waals surface area contributed by atoms with Gasteiger partial charge < -0.3 is 14.4 Å². The summed E-state index contributed by atoms with van der Waals surface area (Å²) in [6.45, 7) is 2.58. The van der Waals surface area contributed by atoms with E-state index in [1.165, 1.54) is 26.4 Å². The second-order valence-corrected chi connectivity index (χ2v) is 4.14. The van der Waals surface area contributed by atoms with Gasteiger partial charge in [-0.25, -0.2) is 0 Å². The first kappa shape index (κ1) is 15.7. The fourth-order valence-corrected chi connectivity index (χ4v) is 1.76. The Morgan fingerprint density at radius 3 is 2.55 bits per heavy atom. The summed E-state index contributed by atoms with van der Waals surface area (Å²) in [5, 5.41) is 10.9. The van der Waals surface area contributed by atoms with E-state index in [1.807, 2.05) is 6.92 Å². The number of esters is 1. The molecule has 0 unspecified atom stereocenters. The number of nitrogens with zero attached hydrogens (tertiary/aromatic N) is 2. The number of anilines is 1. The first-order valence-electron chi connectivity index (χ1n) is 6.17. The molecule has 0 aliphatic carbocycles. The van der Waals surface area contributed by atoms with Crippen molar-refractivity contribution in [2.45, 2.75) is 13.3 Å². The highest BCUT2D eigenvalue weighted by Crippen LogP contribution is 2.28. The van der Waals surface area contributed by atoms with Gasteiger partial charge in [0.25, 0.3) is 5.69 Å². The summed E-state index contributed by atoms with van der Waals surface area (Å²) in [7, 11) is 2.74. The van der Waals surface area contributed by atoms with Gasteiger partial charge in [-0.1, -0.05) is 6.92 Å². The number of benzene rings is 1. The van der Waals surface area contributed by atoms with Crippen molar-refractivity contribution in [2.24, 2.45) is 0 Å². The second kappa shape index (κ2) is 7.32. The number of carbonyl (C=O) groups excluding carboxylic acids is 1. The number of nitro groups is 1. The Bertz CT molecular complexity index is 490. The minimum atomic E-state index is -0.492. The van der Waals surface area contributed by atoms with Crippen LogP contribution >= 0.6 is 0 Å². The third-order valence-corrected chi connectivity index (χ3v) is 2.73. The number of ether oxygens (including phenoxy) is 2. The minimum Gasteiger partial charge on any atom is -0.496 e. The lowest BCUT2D eigenvalue weighted by Crippen LogP contribution is -2.31. The first-order valence-corrected chi connectivity index (χ1v) is 6.17. The highest BCUT2D eigenvalue weighted by molar-refractivity contribution is 5.76. The van der Waals surface area contributed by atoms with Crippen LogP contribution in [0.2, 0.25) is 0 Å². The summed E-state index contributed by atoms with van der Waals surface area (Å²) >= 11 is 0. The van der Waals surface area contributed by atoms with Crippen LogP contribution in [0.1, 0.15) is 13.3 Å². The molecule has 0 heterocycles. The van der Waals surface area contributed by atoms with Crippen LogP contribution in [0.4, 0.5) is 11.4 Å². The zero-order chi connectivity index (χ0) is 15.1. The van der Waals surface area contributed by atoms with Crippen LogP contribution in [0.15, 0.2) is 18.2 Å². The van der Waals surface area contributed by atoms with Crippen LogP contribution in [0, 0.1) is 10.1 Å². The molecular formula is C13H18N2O5. The van der Waals surface area contributed by atoms with Crippen LogP contribution in [-0.4, -0.2) is 38.2 Å². The SMILES string of the molecule is CCCN(CC(=O)OC)c1cc(OC)cc([N+](=O)[O-])c1. The number of carbonyl (C=O) groups is 1. The van der Waals surface area contributed by atoms with Gasteiger partial charge in [-0.05, 0) is 6.42 Å². The number of methoxy groups -OCH3 is 2. The van der Waals surface area contributed by atoms with Gasteiger partial charge in [-0.15, -0.1) is 0 Å². The molecule has 0 atom stereocenters. The van der Waals surface area contributed by atoms with Crippen molar-refractivity contribution in [1.82, 2.24) is 0 Å². The average molecular weight is 282 g/mol. The van der Waals surface area contributed by atoms with Crippen molar-refractivity contribution in [3.05, 3.63) is 28.3 Å². The molecule has 1 aromatic carbocycles. The van der Waals surface area contributed by atoms with Crippen molar-refractivity contribution in [3.8, 4) is 5.75 Å². The summed E-state index contributed by atoms with van der Waals surface area (Å²) in [4.78, 5) is 23.6. The van der Waals surface area contributed by atoms with Crippen molar-refractivity contribution >= 4 is 17.3 Å². The molecule has 0 bridgehead atoms. The molecule has 1 rings (SSSR count). The fourth-order valence-electron chi connectivity index (χ4n) is 1.76. The highest BCUT2D eigenvalue weighted by atomic mass is 16.6. The molecule has 0 fully saturated rings. The van der Waals surface area contributed by atoms with Crippen molar-refractivity contribution in [2.75, 3.05) is 32.2 Å². The van der Waals surface area contributed by atoms with Gasteiger partial charge in [0, 0.05) is 24.4 Å². The van der Waals surface area contributed by atoms with Gasteiger partial charge in [0.1, 0.15) is 12.3 Å². The number of rotatable bonds is 7. The smallest absolute Gasteiger partial charge is 0.325 e. The van der Waals surface area contributed by atoms with Crippen molar-refractivity contribution < 1.29 is 19.2 Å². The van der Waals surface area contributed by atoms with Gasteiger partial charge in [-0.2, -0.15) is 0 Å². The molecule has 0 spiro atoms. The molecule has 0 aliphatic heterocycles. The molecule has 20 heavy (non-hydrogen) atoms. The maximum atomic E-state index is 11.4. The van der Waals surface area contributed by atoms with E-state index in [9.17, 15) is 14.9 Å². The summed E-state index contributed by atoms with van der Waals surface area (Å²) < 4.78 is 9.70. The molecule has 0 saturated heterocycles. The van der Waals surface area contributed by atoms with Crippen LogP contribution in [-0.2, 0) is 9.53 Å². The Labute approximate surface area is 117 Å². The van der Waals surface area contributed by atoms with Gasteiger partial charge in [0.05, 0.1) is 25.2 Å². The Morgan fingerprint density at radius 1 is 1.35 bits per heavy atom. The quantitative estimate of drug-likeness (QED) is 0.432. The maximum Gasteiger partial charge on any atom is 0.325 e. The number of nitro benzene ring substituents is 1. The molecule has 0 aliphatic rings. The predicted octanol–water partition coefficient (Wildman–Crippen LogP) is 1.99. The van der Waals surface area contributed by atoms with Crippen molar-refractivity contribution in [3.63, 3.8) is 0 Å². The van der Waals surface area contributed by atoms with Crippen LogP contribution in [0.3, 0.4) is 0 Å². The molecule has 1 aromatic rings. The summed E-state index contributed by atoms with van der Waals surface area (Å²) in [5.41, 5.74) is 0.480. The van der Waals surface area contributed by atoms with E-state index >= 15 is 0 Å². The molecule has 7 heteroatoms. The highest BCUT2D eigenvalue weighted by Gasteiger charge is 2.16. The Hall–Kier alpha value is -2.31. The summed E-state index contributed by atoms with van der Waals surface area (Å²) in [6.07, 6.45) is 0.794. The van der Waals surface area contributed by atoms with Gasteiger partial charge in [-0.3, -0.25) is 14.9 Å². The molecule has 0 radical (unpaired) electrons. The van der Waals surface area contributed by atoms with Gasteiger partial charge in [0.2, 0.25) is 0 Å². The molecule has 0 amide bonds. The van der Waals surface area contributed by atoms with E-state index in [2.05, 4.69) is 4.74 Å². The van der Waals surface area contributed by atoms with Gasteiger partial charge in [0.15, 0.2) is 0 Å². The number of hydrogen-bond acceptors (Lipinski definition) is 6. The van der Waals surface area contributed by atoms with Crippen LogP contribution in [0.25, 0.3) is 0 Å². The summed E-state index contributed by atoms with van der Waals surface area (Å²) in [5.74, 6) is -0.0240. The lowest BCUT2D eigenvalue weighted by molar-refractivity contribution is -0.384. The Kier molecular flexibility index (Phi) is 5.76. The topological polar surface area (TPSA) is 81.9 Å². The number of hydrogen-bond donors (Lipinski definition) is 0. The van der Waals surface area contributed by atoms with E-state index in [0.29, 0.717) is 18.0 Å². The van der Waals surface area contributed by atoms with Crippen molar-refractivity contribution in [1.29, 1.82) is 0 Å². The van der Waals surface area contributed by atoms with Crippen LogP contribution in [0.5, 0.6) is 5.75 Å². The lowest BCUT2D eigenvalue weighted by Gasteiger charge is -2.23. The third-order valence-electron chi connectivity index (χ3n) is 2.73. The number of non-ortho nitro benzene ring substituents is 1. The monoisotopic (exact) mass is 282 g/mol. The molecule has 0 aromatic heterocycles.